The van der Waals surface area contributed by atoms with Crippen LogP contribution in [0.2, 0.25) is 0 Å². The van der Waals surface area contributed by atoms with E-state index in [0.717, 1.165) is 24.2 Å². The van der Waals surface area contributed by atoms with E-state index in [1.807, 2.05) is 42.5 Å². The summed E-state index contributed by atoms with van der Waals surface area (Å²) in [7, 11) is 0. The highest BCUT2D eigenvalue weighted by molar-refractivity contribution is 5.54. The van der Waals surface area contributed by atoms with Gasteiger partial charge in [0, 0.05) is 0 Å². The minimum absolute atomic E-state index is 0.169. The third-order valence-electron chi connectivity index (χ3n) is 4.79. The molecule has 0 aliphatic rings. The highest BCUT2D eigenvalue weighted by Gasteiger charge is 2.15. The Balaban J connectivity index is 2.00. The summed E-state index contributed by atoms with van der Waals surface area (Å²) in [5.74, 6) is 0.971. The number of rotatable bonds is 12. The van der Waals surface area contributed by atoms with Gasteiger partial charge < -0.3 is 20.1 Å². The van der Waals surface area contributed by atoms with Gasteiger partial charge in [0.1, 0.15) is 18.1 Å². The van der Waals surface area contributed by atoms with E-state index in [1.165, 1.54) is 5.57 Å². The number of phenols is 1. The van der Waals surface area contributed by atoms with Gasteiger partial charge in [-0.2, -0.15) is 0 Å². The normalized spacial score (nSPS) is 13.2. The number of allylic oxidation sites excluding steroid dienone is 1. The van der Waals surface area contributed by atoms with E-state index in [2.05, 4.69) is 19.6 Å². The Labute approximate surface area is 179 Å². The van der Waals surface area contributed by atoms with Gasteiger partial charge in [-0.15, -0.1) is 0 Å². The first-order valence-corrected chi connectivity index (χ1v) is 10.4. The van der Waals surface area contributed by atoms with Crippen molar-refractivity contribution in [3.8, 4) is 11.5 Å². The fourth-order valence-corrected chi connectivity index (χ4v) is 3.30. The van der Waals surface area contributed by atoms with E-state index in [-0.39, 0.29) is 19.0 Å². The average molecular weight is 409 g/mol. The monoisotopic (exact) mass is 408 g/mol. The van der Waals surface area contributed by atoms with Gasteiger partial charge in [0.2, 0.25) is 0 Å². The van der Waals surface area contributed by atoms with Crippen molar-refractivity contribution in [2.24, 2.45) is 0 Å². The Morgan fingerprint density at radius 3 is 2.53 bits per heavy atom. The third kappa shape index (κ3) is 7.90. The molecule has 0 heterocycles. The molecular formula is C26H32O4. The lowest BCUT2D eigenvalue weighted by molar-refractivity contribution is 0.198. The van der Waals surface area contributed by atoms with Gasteiger partial charge in [-0.3, -0.25) is 0 Å². The van der Waals surface area contributed by atoms with Crippen LogP contribution in [0.1, 0.15) is 38.2 Å². The number of benzene rings is 2. The van der Waals surface area contributed by atoms with Crippen LogP contribution in [-0.2, 0) is 0 Å². The minimum atomic E-state index is -0.742. The summed E-state index contributed by atoms with van der Waals surface area (Å²) < 4.78 is 5.73. The molecule has 1 unspecified atom stereocenters. The maximum atomic E-state index is 10.8. The van der Waals surface area contributed by atoms with Crippen molar-refractivity contribution in [2.45, 2.75) is 38.7 Å². The summed E-state index contributed by atoms with van der Waals surface area (Å²) in [5.41, 5.74) is 3.41. The molecule has 4 nitrogen and oxygen atoms in total. The van der Waals surface area contributed by atoms with Crippen LogP contribution in [-0.4, -0.2) is 34.6 Å². The van der Waals surface area contributed by atoms with Crippen LogP contribution >= 0.6 is 0 Å². The molecule has 0 saturated carbocycles. The lowest BCUT2D eigenvalue weighted by Gasteiger charge is -2.19. The lowest BCUT2D eigenvalue weighted by Crippen LogP contribution is -2.16. The molecule has 2 rings (SSSR count). The highest BCUT2D eigenvalue weighted by atomic mass is 16.5. The van der Waals surface area contributed by atoms with Crippen molar-refractivity contribution in [2.75, 3.05) is 13.2 Å². The second-order valence-electron chi connectivity index (χ2n) is 7.25. The van der Waals surface area contributed by atoms with Crippen LogP contribution in [0, 0.1) is 0 Å². The summed E-state index contributed by atoms with van der Waals surface area (Å²) in [6, 6.07) is 16.6. The van der Waals surface area contributed by atoms with Crippen molar-refractivity contribution in [1.29, 1.82) is 0 Å². The lowest BCUT2D eigenvalue weighted by atomic mass is 9.94. The fourth-order valence-electron chi connectivity index (χ4n) is 3.30. The third-order valence-corrected chi connectivity index (χ3v) is 4.79. The first-order valence-electron chi connectivity index (χ1n) is 10.4. The van der Waals surface area contributed by atoms with Crippen molar-refractivity contribution >= 4 is 6.08 Å². The van der Waals surface area contributed by atoms with Crippen molar-refractivity contribution in [3.63, 3.8) is 0 Å². The molecule has 3 N–H and O–H groups in total. The standard InChI is InChI=1S/C26H32O4/c1-3-8-21(17-22-9-7-10-23(28)18-22)13-14-26(29)25(15-16-27)20(2)19-30-24-11-5-4-6-12-24/h4-7,9-12,15,17-18,26-29H,2-3,8,13-14,16,19H2,1H3/b21-17+,25-15-. The van der Waals surface area contributed by atoms with Crippen molar-refractivity contribution in [1.82, 2.24) is 0 Å². The van der Waals surface area contributed by atoms with E-state index < -0.39 is 6.10 Å². The maximum Gasteiger partial charge on any atom is 0.119 e. The molecule has 0 amide bonds. The zero-order valence-corrected chi connectivity index (χ0v) is 17.6. The van der Waals surface area contributed by atoms with Gasteiger partial charge in [0.25, 0.3) is 0 Å². The topological polar surface area (TPSA) is 69.9 Å². The van der Waals surface area contributed by atoms with E-state index >= 15 is 0 Å². The molecular weight excluding hydrogens is 376 g/mol. The minimum Gasteiger partial charge on any atom is -0.508 e. The zero-order chi connectivity index (χ0) is 21.8. The smallest absolute Gasteiger partial charge is 0.119 e. The molecule has 0 fully saturated rings. The molecule has 30 heavy (non-hydrogen) atoms. The van der Waals surface area contributed by atoms with Crippen LogP contribution in [0.15, 0.2) is 84.0 Å². The molecule has 1 atom stereocenters. The van der Waals surface area contributed by atoms with Gasteiger partial charge in [-0.05, 0) is 60.2 Å². The van der Waals surface area contributed by atoms with E-state index in [9.17, 15) is 15.3 Å². The van der Waals surface area contributed by atoms with Gasteiger partial charge in [-0.25, -0.2) is 0 Å². The zero-order valence-electron chi connectivity index (χ0n) is 17.6. The van der Waals surface area contributed by atoms with Gasteiger partial charge in [0.05, 0.1) is 12.7 Å². The number of aliphatic hydroxyl groups excluding tert-OH is 2. The number of aromatic hydroxyl groups is 1. The quantitative estimate of drug-likeness (QED) is 0.419. The molecule has 0 aliphatic heterocycles. The largest absolute Gasteiger partial charge is 0.508 e. The van der Waals surface area contributed by atoms with Crippen LogP contribution in [0.4, 0.5) is 0 Å². The first-order chi connectivity index (χ1) is 14.5. The second-order valence-corrected chi connectivity index (χ2v) is 7.25. The molecule has 2 aromatic rings. The molecule has 160 valence electrons. The van der Waals surface area contributed by atoms with Gasteiger partial charge in [-0.1, -0.05) is 68.0 Å². The predicted molar refractivity (Wildman–Crippen MR) is 122 cm³/mol. The van der Waals surface area contributed by atoms with Gasteiger partial charge in [0.15, 0.2) is 0 Å². The predicted octanol–water partition coefficient (Wildman–Crippen LogP) is 5.27. The van der Waals surface area contributed by atoms with Crippen LogP contribution in [0.3, 0.4) is 0 Å². The molecule has 0 spiro atoms. The van der Waals surface area contributed by atoms with Gasteiger partial charge >= 0.3 is 0 Å². The number of phenolic OH excluding ortho intramolecular Hbond substituents is 1. The Kier molecular flexibility index (Phi) is 9.92. The van der Waals surface area contributed by atoms with E-state index in [1.54, 1.807) is 18.2 Å². The molecule has 0 aromatic heterocycles. The summed E-state index contributed by atoms with van der Waals surface area (Å²) in [6.45, 7) is 6.24. The Hall–Kier alpha value is -2.82. The maximum absolute atomic E-state index is 10.8. The first kappa shape index (κ1) is 23.5. The average Bonchev–Trinajstić information content (AvgIpc) is 2.75. The highest BCUT2D eigenvalue weighted by Crippen LogP contribution is 2.24. The molecule has 2 aromatic carbocycles. The van der Waals surface area contributed by atoms with E-state index in [0.29, 0.717) is 24.0 Å². The molecule has 4 heteroatoms. The van der Waals surface area contributed by atoms with Crippen LogP contribution < -0.4 is 4.74 Å². The molecule has 0 bridgehead atoms. The second kappa shape index (κ2) is 12.7. The van der Waals surface area contributed by atoms with Crippen molar-refractivity contribution in [3.05, 3.63) is 89.5 Å². The van der Waals surface area contributed by atoms with Crippen LogP contribution in [0.5, 0.6) is 11.5 Å². The number of ether oxygens (including phenoxy) is 1. The molecule has 0 aliphatic carbocycles. The molecule has 0 radical (unpaired) electrons. The SMILES string of the molecule is C=C(COc1ccccc1)/C(=C/CO)C(O)CC/C(=C/c1cccc(O)c1)CCC. The Morgan fingerprint density at radius 2 is 1.87 bits per heavy atom. The number of hydrogen-bond donors (Lipinski definition) is 3. The van der Waals surface area contributed by atoms with E-state index in [4.69, 9.17) is 4.74 Å². The number of hydrogen-bond acceptors (Lipinski definition) is 4. The Bertz CT molecular complexity index is 852. The Morgan fingerprint density at radius 1 is 1.10 bits per heavy atom. The summed E-state index contributed by atoms with van der Waals surface area (Å²) in [5, 5.41) is 29.8. The number of para-hydroxylation sites is 1. The summed E-state index contributed by atoms with van der Waals surface area (Å²) >= 11 is 0. The van der Waals surface area contributed by atoms with Crippen LogP contribution in [0.25, 0.3) is 6.08 Å². The van der Waals surface area contributed by atoms with Crippen molar-refractivity contribution < 1.29 is 20.1 Å². The molecule has 0 saturated heterocycles. The summed E-state index contributed by atoms with van der Waals surface area (Å²) in [4.78, 5) is 0. The number of aliphatic hydroxyl groups is 2. The fraction of sp³-hybridized carbons (Fsp3) is 0.308. The summed E-state index contributed by atoms with van der Waals surface area (Å²) in [6.07, 6.45) is 6.06.